The molecule has 1 unspecified atom stereocenters. The molecular weight excluding hydrogens is 254 g/mol. The molecule has 18 heavy (non-hydrogen) atoms. The van der Waals surface area contributed by atoms with Gasteiger partial charge in [-0.1, -0.05) is 0 Å². The van der Waals surface area contributed by atoms with Gasteiger partial charge in [0.05, 0.1) is 25.6 Å². The van der Waals surface area contributed by atoms with Gasteiger partial charge in [-0.05, 0) is 24.3 Å². The third-order valence-electron chi connectivity index (χ3n) is 2.17. The summed E-state index contributed by atoms with van der Waals surface area (Å²) < 4.78 is 5.03. The Morgan fingerprint density at radius 3 is 2.67 bits per heavy atom. The number of amides is 1. The molecule has 1 aromatic rings. The quantitative estimate of drug-likeness (QED) is 0.620. The van der Waals surface area contributed by atoms with E-state index >= 15 is 0 Å². The molecule has 0 heterocycles. The summed E-state index contributed by atoms with van der Waals surface area (Å²) in [6, 6.07) is 7.41. The van der Waals surface area contributed by atoms with Crippen molar-refractivity contribution in [2.75, 3.05) is 26.0 Å². The third kappa shape index (κ3) is 5.39. The first-order chi connectivity index (χ1) is 8.65. The van der Waals surface area contributed by atoms with E-state index in [1.54, 1.807) is 7.11 Å². The molecular formula is C12H17NO4S. The van der Waals surface area contributed by atoms with Gasteiger partial charge in [0.25, 0.3) is 0 Å². The highest BCUT2D eigenvalue weighted by Gasteiger charge is 2.06. The standard InChI is InChI=1S/C12H17NO4S/c1-17-10-2-4-11(5-3-10)18-8-12(16)13-6-9(15)7-14/h2-5,9,14-15H,6-8H2,1H3,(H,13,16). The van der Waals surface area contributed by atoms with Crippen LogP contribution in [0, 0.1) is 0 Å². The van der Waals surface area contributed by atoms with Gasteiger partial charge in [-0.3, -0.25) is 4.79 Å². The number of carbonyl (C=O) groups is 1. The molecule has 0 aliphatic heterocycles. The molecule has 1 rings (SSSR count). The molecule has 100 valence electrons. The second-order valence-electron chi connectivity index (χ2n) is 3.60. The lowest BCUT2D eigenvalue weighted by Gasteiger charge is -2.08. The van der Waals surface area contributed by atoms with Crippen LogP contribution in [0.4, 0.5) is 0 Å². The summed E-state index contributed by atoms with van der Waals surface area (Å²) in [6.45, 7) is -0.287. The van der Waals surface area contributed by atoms with Gasteiger partial charge >= 0.3 is 0 Å². The van der Waals surface area contributed by atoms with E-state index in [1.165, 1.54) is 11.8 Å². The molecule has 0 fully saturated rings. The van der Waals surface area contributed by atoms with E-state index in [0.29, 0.717) is 0 Å². The molecule has 0 spiro atoms. The first-order valence-electron chi connectivity index (χ1n) is 5.48. The van der Waals surface area contributed by atoms with Gasteiger partial charge in [0.2, 0.25) is 5.91 Å². The van der Waals surface area contributed by atoms with Gasteiger partial charge in [0.15, 0.2) is 0 Å². The lowest BCUT2D eigenvalue weighted by molar-refractivity contribution is -0.119. The van der Waals surface area contributed by atoms with E-state index in [0.717, 1.165) is 10.6 Å². The lowest BCUT2D eigenvalue weighted by Crippen LogP contribution is -2.34. The van der Waals surface area contributed by atoms with Crippen molar-refractivity contribution in [2.45, 2.75) is 11.0 Å². The van der Waals surface area contributed by atoms with Crippen LogP contribution in [-0.2, 0) is 4.79 Å². The van der Waals surface area contributed by atoms with Crippen LogP contribution in [-0.4, -0.2) is 48.2 Å². The second kappa shape index (κ2) is 7.97. The highest BCUT2D eigenvalue weighted by atomic mass is 32.2. The second-order valence-corrected chi connectivity index (χ2v) is 4.65. The number of rotatable bonds is 7. The van der Waals surface area contributed by atoms with Crippen LogP contribution in [0.2, 0.25) is 0 Å². The maximum Gasteiger partial charge on any atom is 0.230 e. The molecule has 5 nitrogen and oxygen atoms in total. The Labute approximate surface area is 110 Å². The number of aliphatic hydroxyl groups excluding tert-OH is 2. The van der Waals surface area contributed by atoms with Crippen molar-refractivity contribution in [2.24, 2.45) is 0 Å². The van der Waals surface area contributed by atoms with Gasteiger partial charge in [-0.25, -0.2) is 0 Å². The average Bonchev–Trinajstić information content (AvgIpc) is 2.42. The predicted octanol–water partition coefficient (Wildman–Crippen LogP) is 0.257. The highest BCUT2D eigenvalue weighted by molar-refractivity contribution is 8.00. The minimum Gasteiger partial charge on any atom is -0.497 e. The van der Waals surface area contributed by atoms with E-state index in [-0.39, 0.29) is 24.8 Å². The van der Waals surface area contributed by atoms with Crippen molar-refractivity contribution in [1.29, 1.82) is 0 Å². The van der Waals surface area contributed by atoms with Crippen LogP contribution in [0.3, 0.4) is 0 Å². The van der Waals surface area contributed by atoms with Crippen molar-refractivity contribution in [3.8, 4) is 5.75 Å². The first-order valence-corrected chi connectivity index (χ1v) is 6.46. The molecule has 6 heteroatoms. The summed E-state index contributed by atoms with van der Waals surface area (Å²) in [4.78, 5) is 12.4. The molecule has 1 aromatic carbocycles. The molecule has 0 saturated carbocycles. The number of methoxy groups -OCH3 is 1. The van der Waals surface area contributed by atoms with Crippen molar-refractivity contribution < 1.29 is 19.7 Å². The number of nitrogens with one attached hydrogen (secondary N) is 1. The molecule has 0 saturated heterocycles. The summed E-state index contributed by atoms with van der Waals surface area (Å²) in [5.74, 6) is 0.864. The highest BCUT2D eigenvalue weighted by Crippen LogP contribution is 2.20. The molecule has 0 bridgehead atoms. The number of aliphatic hydroxyl groups is 2. The number of benzene rings is 1. The monoisotopic (exact) mass is 271 g/mol. The summed E-state index contributed by atoms with van der Waals surface area (Å²) >= 11 is 1.40. The Bertz CT molecular complexity index is 369. The number of ether oxygens (including phenoxy) is 1. The predicted molar refractivity (Wildman–Crippen MR) is 69.8 cm³/mol. The number of carbonyl (C=O) groups excluding carboxylic acids is 1. The Kier molecular flexibility index (Phi) is 6.56. The SMILES string of the molecule is COc1ccc(SCC(=O)NCC(O)CO)cc1. The fourth-order valence-electron chi connectivity index (χ4n) is 1.17. The topological polar surface area (TPSA) is 78.8 Å². The van der Waals surface area contributed by atoms with Gasteiger partial charge < -0.3 is 20.3 Å². The fraction of sp³-hybridized carbons (Fsp3) is 0.417. The van der Waals surface area contributed by atoms with Crippen LogP contribution in [0.5, 0.6) is 5.75 Å². The molecule has 1 atom stereocenters. The van der Waals surface area contributed by atoms with Gasteiger partial charge in [-0.2, -0.15) is 0 Å². The Morgan fingerprint density at radius 1 is 1.44 bits per heavy atom. The summed E-state index contributed by atoms with van der Waals surface area (Å²) in [6.07, 6.45) is -0.903. The van der Waals surface area contributed by atoms with Crippen LogP contribution < -0.4 is 10.1 Å². The van der Waals surface area contributed by atoms with Crippen molar-refractivity contribution in [3.63, 3.8) is 0 Å². The summed E-state index contributed by atoms with van der Waals surface area (Å²) in [5.41, 5.74) is 0. The lowest BCUT2D eigenvalue weighted by atomic mass is 10.3. The van der Waals surface area contributed by atoms with Crippen molar-refractivity contribution >= 4 is 17.7 Å². The largest absolute Gasteiger partial charge is 0.497 e. The van der Waals surface area contributed by atoms with E-state index in [4.69, 9.17) is 14.9 Å². The maximum absolute atomic E-state index is 11.4. The zero-order valence-electron chi connectivity index (χ0n) is 10.1. The van der Waals surface area contributed by atoms with Crippen LogP contribution in [0.25, 0.3) is 0 Å². The molecule has 1 amide bonds. The summed E-state index contributed by atoms with van der Waals surface area (Å²) in [5, 5.41) is 20.2. The fourth-order valence-corrected chi connectivity index (χ4v) is 1.90. The third-order valence-corrected chi connectivity index (χ3v) is 3.19. The van der Waals surface area contributed by atoms with E-state index in [1.807, 2.05) is 24.3 Å². The van der Waals surface area contributed by atoms with Crippen LogP contribution >= 0.6 is 11.8 Å². The van der Waals surface area contributed by atoms with Gasteiger partial charge in [-0.15, -0.1) is 11.8 Å². The normalized spacial score (nSPS) is 11.9. The van der Waals surface area contributed by atoms with Crippen molar-refractivity contribution in [3.05, 3.63) is 24.3 Å². The minimum absolute atomic E-state index is 0.0680. The Morgan fingerprint density at radius 2 is 2.11 bits per heavy atom. The van der Waals surface area contributed by atoms with Gasteiger partial charge in [0, 0.05) is 11.4 Å². The average molecular weight is 271 g/mol. The molecule has 0 radical (unpaired) electrons. The van der Waals surface area contributed by atoms with E-state index < -0.39 is 6.10 Å². The van der Waals surface area contributed by atoms with E-state index in [2.05, 4.69) is 5.32 Å². The van der Waals surface area contributed by atoms with Crippen LogP contribution in [0.15, 0.2) is 29.2 Å². The first kappa shape index (κ1) is 14.8. The number of thioether (sulfide) groups is 1. The maximum atomic E-state index is 11.4. The zero-order chi connectivity index (χ0) is 13.4. The summed E-state index contributed by atoms with van der Waals surface area (Å²) in [7, 11) is 1.60. The molecule has 0 aliphatic rings. The number of hydrogen-bond acceptors (Lipinski definition) is 5. The van der Waals surface area contributed by atoms with Gasteiger partial charge in [0.1, 0.15) is 5.75 Å². The van der Waals surface area contributed by atoms with Crippen molar-refractivity contribution in [1.82, 2.24) is 5.32 Å². The smallest absolute Gasteiger partial charge is 0.230 e. The Balaban J connectivity index is 2.29. The molecule has 0 aromatic heterocycles. The van der Waals surface area contributed by atoms with E-state index in [9.17, 15) is 4.79 Å². The number of hydrogen-bond donors (Lipinski definition) is 3. The molecule has 0 aliphatic carbocycles. The minimum atomic E-state index is -0.903. The Hall–Kier alpha value is -1.24. The molecule has 3 N–H and O–H groups in total. The van der Waals surface area contributed by atoms with Crippen LogP contribution in [0.1, 0.15) is 0 Å². The zero-order valence-corrected chi connectivity index (χ0v) is 10.9.